The minimum atomic E-state index is -0.763. The first-order valence-corrected chi connectivity index (χ1v) is 7.29. The van der Waals surface area contributed by atoms with Crippen molar-refractivity contribution >= 4 is 0 Å². The summed E-state index contributed by atoms with van der Waals surface area (Å²) in [6.07, 6.45) is 0. The fraction of sp³-hybridized carbons (Fsp3) is 0.294. The highest BCUT2D eigenvalue weighted by Crippen LogP contribution is 2.31. The van der Waals surface area contributed by atoms with Crippen molar-refractivity contribution in [3.05, 3.63) is 81.7 Å². The van der Waals surface area contributed by atoms with Gasteiger partial charge in [0.2, 0.25) is 6.04 Å². The number of hydrogen-bond acceptors (Lipinski definition) is 3. The smallest absolute Gasteiger partial charge is 0.233 e. The van der Waals surface area contributed by atoms with Gasteiger partial charge in [0.25, 0.3) is 0 Å². The van der Waals surface area contributed by atoms with Gasteiger partial charge in [-0.2, -0.15) is 0 Å². The van der Waals surface area contributed by atoms with Gasteiger partial charge in [-0.3, -0.25) is 15.0 Å². The summed E-state index contributed by atoms with van der Waals surface area (Å²) < 4.78 is 14.0. The summed E-state index contributed by atoms with van der Waals surface area (Å²) >= 11 is 0. The second kappa shape index (κ2) is 6.23. The summed E-state index contributed by atoms with van der Waals surface area (Å²) in [5, 5.41) is 11.4. The molecule has 1 aliphatic heterocycles. The Bertz CT molecular complexity index is 663. The fourth-order valence-corrected chi connectivity index (χ4v) is 3.13. The Morgan fingerprint density at radius 1 is 1.09 bits per heavy atom. The zero-order chi connectivity index (χ0) is 15.5. The summed E-state index contributed by atoms with van der Waals surface area (Å²) in [6.45, 7) is 1.50. The number of nitro groups is 1. The molecule has 0 amide bonds. The standard InChI is InChI=1S/C17H17FN2O2/c18-16-9-5-4-8-14(16)15-11-19(12-17(15)20(21)22)10-13-6-2-1-3-7-13/h1-9,15,17H,10-12H2. The van der Waals surface area contributed by atoms with Crippen molar-refractivity contribution in [3.63, 3.8) is 0 Å². The van der Waals surface area contributed by atoms with Crippen LogP contribution in [0.5, 0.6) is 0 Å². The molecule has 5 heteroatoms. The van der Waals surface area contributed by atoms with Crippen LogP contribution in [0.15, 0.2) is 54.6 Å². The number of benzene rings is 2. The normalized spacial score (nSPS) is 21.9. The molecule has 2 atom stereocenters. The highest BCUT2D eigenvalue weighted by atomic mass is 19.1. The van der Waals surface area contributed by atoms with Crippen molar-refractivity contribution in [2.75, 3.05) is 13.1 Å². The first-order chi connectivity index (χ1) is 10.6. The Labute approximate surface area is 128 Å². The van der Waals surface area contributed by atoms with Crippen LogP contribution in [0.1, 0.15) is 17.0 Å². The van der Waals surface area contributed by atoms with Crippen LogP contribution in [0, 0.1) is 15.9 Å². The summed E-state index contributed by atoms with van der Waals surface area (Å²) in [7, 11) is 0. The molecule has 4 nitrogen and oxygen atoms in total. The van der Waals surface area contributed by atoms with E-state index >= 15 is 0 Å². The van der Waals surface area contributed by atoms with Crippen LogP contribution in [0.3, 0.4) is 0 Å². The summed E-state index contributed by atoms with van der Waals surface area (Å²) in [6, 6.07) is 15.4. The largest absolute Gasteiger partial charge is 0.292 e. The van der Waals surface area contributed by atoms with E-state index < -0.39 is 12.0 Å². The molecule has 0 N–H and O–H groups in total. The maximum Gasteiger partial charge on any atom is 0.233 e. The topological polar surface area (TPSA) is 46.4 Å². The van der Waals surface area contributed by atoms with Crippen LogP contribution in [0.4, 0.5) is 4.39 Å². The van der Waals surface area contributed by atoms with E-state index in [2.05, 4.69) is 0 Å². The quantitative estimate of drug-likeness (QED) is 0.644. The summed E-state index contributed by atoms with van der Waals surface area (Å²) in [5.74, 6) is -0.763. The molecular weight excluding hydrogens is 283 g/mol. The third-order valence-corrected chi connectivity index (χ3v) is 4.19. The number of nitrogens with zero attached hydrogens (tertiary/aromatic N) is 2. The van der Waals surface area contributed by atoms with Crippen molar-refractivity contribution in [2.45, 2.75) is 18.5 Å². The van der Waals surface area contributed by atoms with E-state index in [4.69, 9.17) is 0 Å². The van der Waals surface area contributed by atoms with Gasteiger partial charge >= 0.3 is 0 Å². The number of likely N-dealkylation sites (tertiary alicyclic amines) is 1. The molecule has 114 valence electrons. The fourth-order valence-electron chi connectivity index (χ4n) is 3.13. The molecule has 0 spiro atoms. The SMILES string of the molecule is O=[N+]([O-])C1CN(Cc2ccccc2)CC1c1ccccc1F. The molecular formula is C17H17FN2O2. The molecule has 0 aliphatic carbocycles. The predicted molar refractivity (Wildman–Crippen MR) is 81.6 cm³/mol. The summed E-state index contributed by atoms with van der Waals surface area (Å²) in [4.78, 5) is 13.1. The van der Waals surface area contributed by atoms with Crippen LogP contribution >= 0.6 is 0 Å². The van der Waals surface area contributed by atoms with Crippen LogP contribution in [-0.4, -0.2) is 29.0 Å². The first kappa shape index (κ1) is 14.7. The summed E-state index contributed by atoms with van der Waals surface area (Å²) in [5.41, 5.74) is 1.55. The van der Waals surface area contributed by atoms with Crippen LogP contribution in [0.25, 0.3) is 0 Å². The minimum Gasteiger partial charge on any atom is -0.292 e. The predicted octanol–water partition coefficient (Wildman–Crippen LogP) is 3.07. The molecule has 1 saturated heterocycles. The van der Waals surface area contributed by atoms with Gasteiger partial charge in [-0.05, 0) is 17.2 Å². The van der Waals surface area contributed by atoms with Gasteiger partial charge < -0.3 is 0 Å². The molecule has 0 aromatic heterocycles. The van der Waals surface area contributed by atoms with Gasteiger partial charge in [0.05, 0.1) is 12.5 Å². The van der Waals surface area contributed by atoms with Crippen LogP contribution in [-0.2, 0) is 6.54 Å². The van der Waals surface area contributed by atoms with Crippen LogP contribution in [0.2, 0.25) is 0 Å². The molecule has 0 saturated carbocycles. The zero-order valence-corrected chi connectivity index (χ0v) is 12.1. The molecule has 2 aromatic carbocycles. The molecule has 1 fully saturated rings. The highest BCUT2D eigenvalue weighted by molar-refractivity contribution is 5.25. The third-order valence-electron chi connectivity index (χ3n) is 4.19. The Morgan fingerprint density at radius 2 is 1.77 bits per heavy atom. The van der Waals surface area contributed by atoms with E-state index in [1.165, 1.54) is 6.07 Å². The van der Waals surface area contributed by atoms with E-state index in [9.17, 15) is 14.5 Å². The van der Waals surface area contributed by atoms with Gasteiger partial charge in [-0.1, -0.05) is 48.5 Å². The van der Waals surface area contributed by atoms with E-state index in [-0.39, 0.29) is 10.7 Å². The Hall–Kier alpha value is -2.27. The maximum absolute atomic E-state index is 14.0. The average Bonchev–Trinajstić information content (AvgIpc) is 2.92. The molecule has 0 radical (unpaired) electrons. The van der Waals surface area contributed by atoms with Gasteiger partial charge in [-0.25, -0.2) is 4.39 Å². The molecule has 2 unspecified atom stereocenters. The van der Waals surface area contributed by atoms with Crippen LogP contribution < -0.4 is 0 Å². The Balaban J connectivity index is 1.81. The third kappa shape index (κ3) is 2.99. The number of halogens is 1. The van der Waals surface area contributed by atoms with Gasteiger partial charge in [0.15, 0.2) is 0 Å². The van der Waals surface area contributed by atoms with E-state index in [0.717, 1.165) is 5.56 Å². The molecule has 1 heterocycles. The molecule has 3 rings (SSSR count). The minimum absolute atomic E-state index is 0.276. The van der Waals surface area contributed by atoms with Crippen molar-refractivity contribution < 1.29 is 9.31 Å². The Kier molecular flexibility index (Phi) is 4.15. The lowest BCUT2D eigenvalue weighted by atomic mass is 9.94. The zero-order valence-electron chi connectivity index (χ0n) is 12.1. The monoisotopic (exact) mass is 300 g/mol. The molecule has 22 heavy (non-hydrogen) atoms. The Morgan fingerprint density at radius 3 is 2.45 bits per heavy atom. The second-order valence-corrected chi connectivity index (χ2v) is 5.66. The van der Waals surface area contributed by atoms with Crippen molar-refractivity contribution in [2.24, 2.45) is 0 Å². The van der Waals surface area contributed by atoms with Crippen molar-refractivity contribution in [1.29, 1.82) is 0 Å². The van der Waals surface area contributed by atoms with E-state index in [0.29, 0.717) is 25.2 Å². The highest BCUT2D eigenvalue weighted by Gasteiger charge is 2.42. The molecule has 1 aliphatic rings. The number of hydrogen-bond donors (Lipinski definition) is 0. The van der Waals surface area contributed by atoms with Gasteiger partial charge in [0.1, 0.15) is 5.82 Å². The average molecular weight is 300 g/mol. The molecule has 2 aromatic rings. The van der Waals surface area contributed by atoms with Gasteiger partial charge in [-0.15, -0.1) is 0 Å². The lowest BCUT2D eigenvalue weighted by Gasteiger charge is -2.15. The van der Waals surface area contributed by atoms with Gasteiger partial charge in [0, 0.05) is 18.0 Å². The first-order valence-electron chi connectivity index (χ1n) is 7.29. The lowest BCUT2D eigenvalue weighted by Crippen LogP contribution is -2.28. The molecule has 0 bridgehead atoms. The van der Waals surface area contributed by atoms with Crippen molar-refractivity contribution in [3.8, 4) is 0 Å². The second-order valence-electron chi connectivity index (χ2n) is 5.66. The maximum atomic E-state index is 14.0. The van der Waals surface area contributed by atoms with E-state index in [1.54, 1.807) is 18.2 Å². The van der Waals surface area contributed by atoms with Crippen molar-refractivity contribution in [1.82, 2.24) is 4.90 Å². The van der Waals surface area contributed by atoms with E-state index in [1.807, 2.05) is 35.2 Å². The lowest BCUT2D eigenvalue weighted by molar-refractivity contribution is -0.521. The number of rotatable bonds is 4.